The molecule has 4 aromatic carbocycles. The lowest BCUT2D eigenvalue weighted by atomic mass is 9.99. The zero-order chi connectivity index (χ0) is 37.3. The number of esters is 1. The number of carbonyl (C=O) groups excluding carboxylic acids is 2. The molecule has 1 aliphatic heterocycles. The highest BCUT2D eigenvalue weighted by molar-refractivity contribution is 6.99. The number of alkyl carbamates (subject to hydrolysis) is 1. The van der Waals surface area contributed by atoms with Crippen molar-refractivity contribution in [3.8, 4) is 5.75 Å². The van der Waals surface area contributed by atoms with Crippen LogP contribution in [0.3, 0.4) is 0 Å². The molecule has 1 amide bonds. The van der Waals surface area contributed by atoms with Gasteiger partial charge in [-0.15, -0.1) is 0 Å². The average Bonchev–Trinajstić information content (AvgIpc) is 3.15. The summed E-state index contributed by atoms with van der Waals surface area (Å²) >= 11 is 0. The van der Waals surface area contributed by atoms with E-state index in [1.165, 1.54) is 7.11 Å². The Hall–Kier alpha value is -4.56. The molecule has 0 bridgehead atoms. The van der Waals surface area contributed by atoms with Gasteiger partial charge in [0, 0.05) is 6.42 Å². The van der Waals surface area contributed by atoms with Gasteiger partial charge in [-0.05, 0) is 38.7 Å². The molecule has 0 radical (unpaired) electrons. The molecule has 0 saturated carbocycles. The molecule has 1 aliphatic rings. The Morgan fingerprint density at radius 2 is 1.33 bits per heavy atom. The van der Waals surface area contributed by atoms with Crippen LogP contribution >= 0.6 is 0 Å². The predicted molar refractivity (Wildman–Crippen MR) is 197 cm³/mol. The van der Waals surface area contributed by atoms with E-state index in [9.17, 15) is 24.9 Å². The topological polar surface area (TPSA) is 153 Å². The second kappa shape index (κ2) is 17.3. The lowest BCUT2D eigenvalue weighted by Gasteiger charge is -2.45. The highest BCUT2D eigenvalue weighted by Crippen LogP contribution is 2.37. The van der Waals surface area contributed by atoms with Gasteiger partial charge in [-0.2, -0.15) is 0 Å². The van der Waals surface area contributed by atoms with Crippen molar-refractivity contribution in [2.75, 3.05) is 13.7 Å². The maximum Gasteiger partial charge on any atom is 0.408 e. The second-order valence-corrected chi connectivity index (χ2v) is 18.0. The molecule has 0 spiro atoms. The average molecular weight is 730 g/mol. The standard InChI is InChI=1S/C40H47NO10Si/c1-40(2,3)52(30-16-10-6-11-17-30,31-18-12-7-13-19-31)49-26-33-34(42)35(43)36(44)38(51-33)50-29-22-20-27(21-23-29)24-32(37(45)47-4)41-39(46)48-25-28-14-8-5-9-15-28/h5-23,32-36,38,42-44H,24-26H2,1-4H3,(H,41,46)/t32-,33?,34?,35?,36?,38?/m0/s1. The van der Waals surface area contributed by atoms with Crippen LogP contribution in [0.25, 0.3) is 0 Å². The zero-order valence-corrected chi connectivity index (χ0v) is 30.8. The van der Waals surface area contributed by atoms with Gasteiger partial charge in [0.05, 0.1) is 13.7 Å². The molecule has 1 saturated heterocycles. The molecule has 4 N–H and O–H groups in total. The van der Waals surface area contributed by atoms with E-state index in [1.54, 1.807) is 24.3 Å². The van der Waals surface area contributed by atoms with Crippen molar-refractivity contribution >= 4 is 30.8 Å². The van der Waals surface area contributed by atoms with Crippen LogP contribution in [0.15, 0.2) is 115 Å². The van der Waals surface area contributed by atoms with E-state index >= 15 is 0 Å². The first-order valence-corrected chi connectivity index (χ1v) is 19.1. The fraction of sp³-hybridized carbons (Fsp3) is 0.350. The molecule has 52 heavy (non-hydrogen) atoms. The number of amides is 1. The predicted octanol–water partition coefficient (Wildman–Crippen LogP) is 3.46. The van der Waals surface area contributed by atoms with Crippen LogP contribution in [-0.4, -0.2) is 86.2 Å². The summed E-state index contributed by atoms with van der Waals surface area (Å²) in [6.45, 7) is 6.36. The van der Waals surface area contributed by atoms with Crippen molar-refractivity contribution in [1.82, 2.24) is 5.32 Å². The Kier molecular flexibility index (Phi) is 12.9. The highest BCUT2D eigenvalue weighted by Gasteiger charge is 2.52. The summed E-state index contributed by atoms with van der Waals surface area (Å²) in [5, 5.41) is 37.1. The monoisotopic (exact) mass is 729 g/mol. The summed E-state index contributed by atoms with van der Waals surface area (Å²) in [4.78, 5) is 25.0. The molecular formula is C40H47NO10Si. The first kappa shape index (κ1) is 38.7. The molecule has 0 aromatic heterocycles. The fourth-order valence-electron chi connectivity index (χ4n) is 6.44. The van der Waals surface area contributed by atoms with Crippen molar-refractivity contribution in [1.29, 1.82) is 0 Å². The number of methoxy groups -OCH3 is 1. The van der Waals surface area contributed by atoms with E-state index in [4.69, 9.17) is 23.4 Å². The highest BCUT2D eigenvalue weighted by atomic mass is 28.4. The van der Waals surface area contributed by atoms with Gasteiger partial charge in [-0.3, -0.25) is 0 Å². The Balaban J connectivity index is 1.26. The number of hydrogen-bond acceptors (Lipinski definition) is 10. The number of rotatable bonds is 13. The zero-order valence-electron chi connectivity index (χ0n) is 29.8. The Morgan fingerprint density at radius 1 is 0.769 bits per heavy atom. The first-order valence-electron chi connectivity index (χ1n) is 17.2. The summed E-state index contributed by atoms with van der Waals surface area (Å²) in [6, 6.07) is 34.8. The second-order valence-electron chi connectivity index (χ2n) is 13.7. The summed E-state index contributed by atoms with van der Waals surface area (Å²) in [5.41, 5.74) is 1.47. The van der Waals surface area contributed by atoms with E-state index in [0.29, 0.717) is 11.3 Å². The van der Waals surface area contributed by atoms with Gasteiger partial charge in [0.2, 0.25) is 6.29 Å². The van der Waals surface area contributed by atoms with Gasteiger partial charge in [0.15, 0.2) is 0 Å². The number of benzene rings is 4. The number of carbonyl (C=O) groups is 2. The first-order chi connectivity index (χ1) is 24.9. The van der Waals surface area contributed by atoms with Crippen LogP contribution in [0.1, 0.15) is 31.9 Å². The lowest BCUT2D eigenvalue weighted by molar-refractivity contribution is -0.276. The molecule has 1 fully saturated rings. The third kappa shape index (κ3) is 9.07. The van der Waals surface area contributed by atoms with Crippen molar-refractivity contribution in [2.24, 2.45) is 0 Å². The van der Waals surface area contributed by atoms with Crippen molar-refractivity contribution < 1.29 is 48.3 Å². The molecule has 12 heteroatoms. The van der Waals surface area contributed by atoms with Crippen molar-refractivity contribution in [2.45, 2.75) is 75.6 Å². The molecule has 5 unspecified atom stereocenters. The Morgan fingerprint density at radius 3 is 1.87 bits per heavy atom. The summed E-state index contributed by atoms with van der Waals surface area (Å²) < 4.78 is 29.2. The number of ether oxygens (including phenoxy) is 4. The minimum atomic E-state index is -3.00. The SMILES string of the molecule is COC(=O)[C@H](Cc1ccc(OC2OC(CO[Si](c3ccccc3)(c3ccccc3)C(C)(C)C)C(O)C(O)C2O)cc1)NC(=O)OCc1ccccc1. The van der Waals surface area contributed by atoms with Crippen LogP contribution in [0.4, 0.5) is 4.79 Å². The molecule has 6 atom stereocenters. The maximum absolute atomic E-state index is 12.5. The Labute approximate surface area is 305 Å². The van der Waals surface area contributed by atoms with Crippen LogP contribution in [0.2, 0.25) is 5.04 Å². The molecule has 5 rings (SSSR count). The number of hydrogen-bond donors (Lipinski definition) is 4. The minimum Gasteiger partial charge on any atom is -0.467 e. The normalized spacial score (nSPS) is 21.1. The van der Waals surface area contributed by atoms with Crippen LogP contribution in [0, 0.1) is 0 Å². The Bertz CT molecular complexity index is 1680. The van der Waals surface area contributed by atoms with E-state index in [0.717, 1.165) is 15.9 Å². The van der Waals surface area contributed by atoms with Crippen LogP contribution < -0.4 is 20.4 Å². The fourth-order valence-corrected chi connectivity index (χ4v) is 11.0. The molecular weight excluding hydrogens is 683 g/mol. The molecule has 4 aromatic rings. The number of aliphatic hydroxyl groups excluding tert-OH is 3. The summed E-state index contributed by atoms with van der Waals surface area (Å²) in [6.07, 6.45) is -7.61. The van der Waals surface area contributed by atoms with E-state index < -0.39 is 57.1 Å². The maximum atomic E-state index is 12.5. The van der Waals surface area contributed by atoms with E-state index in [-0.39, 0.29) is 24.7 Å². The van der Waals surface area contributed by atoms with Gasteiger partial charge in [0.25, 0.3) is 8.32 Å². The number of aliphatic hydroxyl groups is 3. The lowest BCUT2D eigenvalue weighted by Crippen LogP contribution is -2.68. The summed E-state index contributed by atoms with van der Waals surface area (Å²) in [5.74, 6) is -0.345. The minimum absolute atomic E-state index is 0.0415. The molecule has 0 aliphatic carbocycles. The molecule has 11 nitrogen and oxygen atoms in total. The van der Waals surface area contributed by atoms with Crippen molar-refractivity contribution in [3.63, 3.8) is 0 Å². The molecule has 1 heterocycles. The van der Waals surface area contributed by atoms with E-state index in [1.807, 2.05) is 66.7 Å². The van der Waals surface area contributed by atoms with E-state index in [2.05, 4.69) is 50.4 Å². The van der Waals surface area contributed by atoms with Crippen molar-refractivity contribution in [3.05, 3.63) is 126 Å². The summed E-state index contributed by atoms with van der Waals surface area (Å²) in [7, 11) is -1.77. The third-order valence-corrected chi connectivity index (χ3v) is 14.2. The van der Waals surface area contributed by atoms with Gasteiger partial charge in [-0.1, -0.05) is 124 Å². The largest absolute Gasteiger partial charge is 0.467 e. The number of nitrogens with one attached hydrogen (secondary N) is 1. The van der Waals surface area contributed by atoms with Crippen LogP contribution in [0.5, 0.6) is 5.75 Å². The van der Waals surface area contributed by atoms with Gasteiger partial charge >= 0.3 is 12.1 Å². The van der Waals surface area contributed by atoms with Crippen LogP contribution in [-0.2, 0) is 36.5 Å². The van der Waals surface area contributed by atoms with Gasteiger partial charge < -0.3 is 44.0 Å². The molecule has 276 valence electrons. The third-order valence-electron chi connectivity index (χ3n) is 9.16. The smallest absolute Gasteiger partial charge is 0.408 e. The van der Waals surface area contributed by atoms with Gasteiger partial charge in [-0.25, -0.2) is 9.59 Å². The van der Waals surface area contributed by atoms with Gasteiger partial charge in [0.1, 0.15) is 42.8 Å². The quantitative estimate of drug-likeness (QED) is 0.119.